The van der Waals surface area contributed by atoms with Gasteiger partial charge in [0, 0.05) is 23.9 Å². The molecule has 0 spiro atoms. The molecule has 5 N–H and O–H groups in total. The maximum Gasteiger partial charge on any atom is 0.251 e. The Morgan fingerprint density at radius 3 is 2.60 bits per heavy atom. The van der Waals surface area contributed by atoms with Gasteiger partial charge in [0.15, 0.2) is 0 Å². The second kappa shape index (κ2) is 5.48. The number of carbonyl (C=O) groups excluding carboxylic acids is 1. The third-order valence-corrected chi connectivity index (χ3v) is 2.78. The summed E-state index contributed by atoms with van der Waals surface area (Å²) >= 11 is 0. The number of phenolic OH excluding ortho intramolecular Hbond substituents is 2. The molecule has 0 unspecified atom stereocenters. The molecule has 2 aromatic rings. The second-order valence-electron chi connectivity index (χ2n) is 4.23. The Kier molecular flexibility index (Phi) is 3.74. The van der Waals surface area contributed by atoms with Crippen molar-refractivity contribution in [1.29, 1.82) is 0 Å². The lowest BCUT2D eigenvalue weighted by Gasteiger charge is -2.09. The number of rotatable bonds is 4. The highest BCUT2D eigenvalue weighted by Gasteiger charge is 2.09. The largest absolute Gasteiger partial charge is 0.508 e. The molecule has 2 aromatic carbocycles. The number of nitrogens with two attached hydrogens (primary N) is 1. The molecule has 1 amide bonds. The number of primary amides is 1. The third kappa shape index (κ3) is 2.97. The van der Waals surface area contributed by atoms with Crippen LogP contribution in [0.15, 0.2) is 36.4 Å². The van der Waals surface area contributed by atoms with Gasteiger partial charge in [-0.2, -0.15) is 0 Å². The van der Waals surface area contributed by atoms with Gasteiger partial charge >= 0.3 is 0 Å². The molecule has 0 aliphatic heterocycles. The molecule has 0 aliphatic carbocycles. The van der Waals surface area contributed by atoms with Gasteiger partial charge in [0.25, 0.3) is 5.91 Å². The monoisotopic (exact) mass is 276 g/mol. The van der Waals surface area contributed by atoms with E-state index in [0.29, 0.717) is 11.3 Å². The summed E-state index contributed by atoms with van der Waals surface area (Å²) in [5.41, 5.74) is 5.90. The first-order chi connectivity index (χ1) is 9.47. The Bertz CT molecular complexity index is 659. The fourth-order valence-electron chi connectivity index (χ4n) is 1.72. The van der Waals surface area contributed by atoms with E-state index in [2.05, 4.69) is 5.32 Å². The van der Waals surface area contributed by atoms with Crippen molar-refractivity contribution in [3.63, 3.8) is 0 Å². The SMILES string of the molecule is NC(=O)c1cc(NCc2ccc(O)cc2O)ccc1F. The Labute approximate surface area is 114 Å². The molecule has 0 saturated carbocycles. The van der Waals surface area contributed by atoms with Gasteiger partial charge in [-0.3, -0.25) is 4.79 Å². The fraction of sp³-hybridized carbons (Fsp3) is 0.0714. The quantitative estimate of drug-likeness (QED) is 0.686. The zero-order valence-corrected chi connectivity index (χ0v) is 10.4. The van der Waals surface area contributed by atoms with E-state index < -0.39 is 11.7 Å². The molecule has 0 bridgehead atoms. The summed E-state index contributed by atoms with van der Waals surface area (Å²) < 4.78 is 13.3. The number of amides is 1. The van der Waals surface area contributed by atoms with Gasteiger partial charge in [0.2, 0.25) is 0 Å². The predicted molar refractivity (Wildman–Crippen MR) is 72.0 cm³/mol. The van der Waals surface area contributed by atoms with Crippen molar-refractivity contribution in [3.8, 4) is 11.5 Å². The smallest absolute Gasteiger partial charge is 0.251 e. The van der Waals surface area contributed by atoms with E-state index in [1.165, 1.54) is 24.3 Å². The minimum absolute atomic E-state index is 0.0379. The van der Waals surface area contributed by atoms with Crippen LogP contribution in [0, 0.1) is 5.82 Å². The number of phenols is 2. The van der Waals surface area contributed by atoms with E-state index in [0.717, 1.165) is 6.07 Å². The molecule has 104 valence electrons. The maximum absolute atomic E-state index is 13.3. The number of nitrogens with one attached hydrogen (secondary N) is 1. The van der Waals surface area contributed by atoms with E-state index in [4.69, 9.17) is 5.73 Å². The third-order valence-electron chi connectivity index (χ3n) is 2.78. The van der Waals surface area contributed by atoms with E-state index in [9.17, 15) is 19.4 Å². The van der Waals surface area contributed by atoms with Crippen LogP contribution in [-0.4, -0.2) is 16.1 Å². The molecule has 0 saturated heterocycles. The van der Waals surface area contributed by atoms with Crippen LogP contribution in [0.25, 0.3) is 0 Å². The summed E-state index contributed by atoms with van der Waals surface area (Å²) in [6, 6.07) is 8.11. The van der Waals surface area contributed by atoms with Crippen molar-refractivity contribution in [2.45, 2.75) is 6.54 Å². The van der Waals surface area contributed by atoms with Crippen LogP contribution in [0.1, 0.15) is 15.9 Å². The van der Waals surface area contributed by atoms with Crippen LogP contribution < -0.4 is 11.1 Å². The van der Waals surface area contributed by atoms with Crippen LogP contribution in [0.4, 0.5) is 10.1 Å². The number of hydrogen-bond acceptors (Lipinski definition) is 4. The highest BCUT2D eigenvalue weighted by Crippen LogP contribution is 2.23. The Morgan fingerprint density at radius 1 is 1.20 bits per heavy atom. The molecule has 0 atom stereocenters. The zero-order valence-electron chi connectivity index (χ0n) is 10.4. The molecule has 0 aromatic heterocycles. The molecule has 5 nitrogen and oxygen atoms in total. The summed E-state index contributed by atoms with van der Waals surface area (Å²) in [5, 5.41) is 21.7. The standard InChI is InChI=1S/C14H13FN2O3/c15-12-4-2-9(5-11(12)14(16)20)17-7-8-1-3-10(18)6-13(8)19/h1-6,17-19H,7H2,(H2,16,20). The maximum atomic E-state index is 13.3. The minimum Gasteiger partial charge on any atom is -0.508 e. The van der Waals surface area contributed by atoms with Crippen LogP contribution in [-0.2, 0) is 6.54 Å². The average Bonchev–Trinajstić information content (AvgIpc) is 2.39. The van der Waals surface area contributed by atoms with Crippen LogP contribution in [0.5, 0.6) is 11.5 Å². The number of halogens is 1. The molecule has 0 fully saturated rings. The summed E-state index contributed by atoms with van der Waals surface area (Å²) in [7, 11) is 0. The first-order valence-corrected chi connectivity index (χ1v) is 5.81. The number of carbonyl (C=O) groups is 1. The van der Waals surface area contributed by atoms with Gasteiger partial charge < -0.3 is 21.3 Å². The van der Waals surface area contributed by atoms with Crippen LogP contribution in [0.2, 0.25) is 0 Å². The van der Waals surface area contributed by atoms with Gasteiger partial charge in [0.05, 0.1) is 5.56 Å². The average molecular weight is 276 g/mol. The summed E-state index contributed by atoms with van der Waals surface area (Å²) in [4.78, 5) is 11.0. The number of benzene rings is 2. The first kappa shape index (κ1) is 13.7. The first-order valence-electron chi connectivity index (χ1n) is 5.81. The summed E-state index contributed by atoms with van der Waals surface area (Å²) in [5.74, 6) is -1.63. The predicted octanol–water partition coefficient (Wildman–Crippen LogP) is 1.95. The molecule has 2 rings (SSSR count). The summed E-state index contributed by atoms with van der Waals surface area (Å²) in [6.45, 7) is 0.246. The topological polar surface area (TPSA) is 95.6 Å². The Hall–Kier alpha value is -2.76. The van der Waals surface area contributed by atoms with E-state index in [1.807, 2.05) is 0 Å². The highest BCUT2D eigenvalue weighted by molar-refractivity contribution is 5.94. The van der Waals surface area contributed by atoms with Gasteiger partial charge in [-0.15, -0.1) is 0 Å². The van der Waals surface area contributed by atoms with Gasteiger partial charge in [-0.25, -0.2) is 4.39 Å². The molecular formula is C14H13FN2O3. The lowest BCUT2D eigenvalue weighted by molar-refractivity contribution is 0.0996. The second-order valence-corrected chi connectivity index (χ2v) is 4.23. The van der Waals surface area contributed by atoms with Crippen molar-refractivity contribution in [2.75, 3.05) is 5.32 Å². The number of anilines is 1. The van der Waals surface area contributed by atoms with Gasteiger partial charge in [-0.05, 0) is 30.3 Å². The van der Waals surface area contributed by atoms with Gasteiger partial charge in [-0.1, -0.05) is 0 Å². The van der Waals surface area contributed by atoms with Crippen molar-refractivity contribution in [1.82, 2.24) is 0 Å². The fourth-order valence-corrected chi connectivity index (χ4v) is 1.72. The molecule has 6 heteroatoms. The molecule has 0 radical (unpaired) electrons. The van der Waals surface area contributed by atoms with Gasteiger partial charge in [0.1, 0.15) is 17.3 Å². The van der Waals surface area contributed by atoms with E-state index in [-0.39, 0.29) is 23.6 Å². The van der Waals surface area contributed by atoms with E-state index >= 15 is 0 Å². The Balaban J connectivity index is 2.15. The van der Waals surface area contributed by atoms with E-state index in [1.54, 1.807) is 6.07 Å². The van der Waals surface area contributed by atoms with Crippen molar-refractivity contribution in [3.05, 3.63) is 53.3 Å². The molecular weight excluding hydrogens is 263 g/mol. The number of aromatic hydroxyl groups is 2. The number of hydrogen-bond donors (Lipinski definition) is 4. The lowest BCUT2D eigenvalue weighted by atomic mass is 10.1. The minimum atomic E-state index is -0.848. The molecule has 0 heterocycles. The summed E-state index contributed by atoms with van der Waals surface area (Å²) in [6.07, 6.45) is 0. The van der Waals surface area contributed by atoms with Crippen molar-refractivity contribution >= 4 is 11.6 Å². The normalized spacial score (nSPS) is 10.2. The van der Waals surface area contributed by atoms with Crippen LogP contribution in [0.3, 0.4) is 0 Å². The molecule has 0 aliphatic rings. The van der Waals surface area contributed by atoms with Crippen LogP contribution >= 0.6 is 0 Å². The Morgan fingerprint density at radius 2 is 1.95 bits per heavy atom. The van der Waals surface area contributed by atoms with Crippen molar-refractivity contribution < 1.29 is 19.4 Å². The van der Waals surface area contributed by atoms with Crippen molar-refractivity contribution in [2.24, 2.45) is 5.73 Å². The highest BCUT2D eigenvalue weighted by atomic mass is 19.1. The molecule has 20 heavy (non-hydrogen) atoms. The zero-order chi connectivity index (χ0) is 14.7. The lowest BCUT2D eigenvalue weighted by Crippen LogP contribution is -2.13.